The number of nitrogens with one attached hydrogen (secondary N) is 11. The van der Waals surface area contributed by atoms with E-state index in [1.165, 1.54) is 82.4 Å². The Hall–Kier alpha value is -13.9. The lowest BCUT2D eigenvalue weighted by molar-refractivity contribution is -0.149. The van der Waals surface area contributed by atoms with Gasteiger partial charge < -0.3 is 125 Å². The van der Waals surface area contributed by atoms with Gasteiger partial charge in [-0.05, 0) is 112 Å². The van der Waals surface area contributed by atoms with E-state index in [9.17, 15) is 78.0 Å². The lowest BCUT2D eigenvalue weighted by Crippen LogP contribution is -2.61. The van der Waals surface area contributed by atoms with Crippen molar-refractivity contribution in [2.75, 3.05) is 58.8 Å². The smallest absolute Gasteiger partial charge is 0.323 e. The minimum Gasteiger partial charge on any atom is -0.508 e. The van der Waals surface area contributed by atoms with E-state index in [4.69, 9.17) is 17.2 Å². The van der Waals surface area contributed by atoms with Gasteiger partial charge in [-0.2, -0.15) is 0 Å². The maximum absolute atomic E-state index is 15.9. The summed E-state index contributed by atoms with van der Waals surface area (Å²) < 4.78 is 1.42. The molecule has 0 saturated carbocycles. The number of aliphatic hydroxyl groups excluding tert-OH is 1. The number of aromatic hydroxyl groups is 1. The van der Waals surface area contributed by atoms with E-state index in [0.717, 1.165) is 36.3 Å². The molecule has 4 aliphatic heterocycles. The van der Waals surface area contributed by atoms with Crippen LogP contribution in [0.2, 0.25) is 0 Å². The number of carboxylic acid groups (broad SMARTS) is 2. The van der Waals surface area contributed by atoms with Crippen LogP contribution in [0.3, 0.4) is 0 Å². The molecule has 3 saturated heterocycles. The maximum Gasteiger partial charge on any atom is 0.323 e. The van der Waals surface area contributed by atoms with Crippen molar-refractivity contribution in [3.8, 4) is 5.75 Å². The number of carboxylic acids is 2. The molecule has 44 nitrogen and oxygen atoms in total. The summed E-state index contributed by atoms with van der Waals surface area (Å²) in [6.07, 6.45) is 1.81. The Bertz CT molecular complexity index is 5310. The van der Waals surface area contributed by atoms with Crippen LogP contribution in [0.5, 0.6) is 5.75 Å². The lowest BCUT2D eigenvalue weighted by atomic mass is 10.00. The molecule has 0 radical (unpaired) electrons. The number of phenolic OH excluding ortho intramolecular Hbond substituents is 1. The van der Waals surface area contributed by atoms with Gasteiger partial charge in [-0.15, -0.1) is 11.8 Å². The quantitative estimate of drug-likeness (QED) is 0.0269. The topological polar surface area (TPSA) is 653 Å². The fourth-order valence-corrected chi connectivity index (χ4v) is 17.7. The number of phenols is 1. The monoisotopic (exact) mass is 1910 g/mol. The van der Waals surface area contributed by atoms with Crippen molar-refractivity contribution in [2.24, 2.45) is 22.2 Å². The number of benzene rings is 3. The van der Waals surface area contributed by atoms with Gasteiger partial charge in [0.2, 0.25) is 100 Å². The number of hydrogen-bond acceptors (Lipinski definition) is 24. The number of unbranched alkanes of at least 4 members (excludes halogenated alkanes) is 2. The maximum atomic E-state index is 15.9. The molecule has 5 aromatic rings. The number of nitrogens with zero attached hydrogens (tertiary/aromatic N) is 7. The number of para-hydroxylation sites is 2. The molecule has 0 bridgehead atoms. The van der Waals surface area contributed by atoms with Gasteiger partial charge in [-0.25, -0.2) is 0 Å². The zero-order chi connectivity index (χ0) is 99.5. The summed E-state index contributed by atoms with van der Waals surface area (Å²) in [7, 11) is 3.83. The summed E-state index contributed by atoms with van der Waals surface area (Å²) >= 11 is 0.759. The third-order valence-electron chi connectivity index (χ3n) is 24.4. The number of likely N-dealkylation sites (N-methyl/N-ethyl adjacent to an activating group) is 3. The number of H-pyrrole nitrogens is 1. The molecule has 15 atom stereocenters. The first-order chi connectivity index (χ1) is 64.7. The molecule has 2 aromatic heterocycles. The van der Waals surface area contributed by atoms with Gasteiger partial charge in [-0.1, -0.05) is 88.1 Å². The van der Waals surface area contributed by atoms with E-state index in [0.29, 0.717) is 69.8 Å². The highest BCUT2D eigenvalue weighted by Crippen LogP contribution is 2.29. The standard InChI is InChI=1S/C91H123N21O23S/c1-8-10-20-69-84(128)98-49(3)78(122)106-67(80(124)97-43-74(94)116)47-136-48-75(117)99-64(35-51-24-26-55(113)27-25-51)87(131)107(5)50(4)79(123)104-66(40-73(93)115)90(134)111-34-16-23-70(111)85(129)102-62(36-52-31-33-95-41-52)82(126)101-61(28-29-76(118)119)89(133)112-45-56(114)39-72(112)86(130)103-63(37-53-42-96-59-19-14-12-17-57(53)59)83(127)100-60(30-32-92)81(125)105-65(88(132)109(7)71(21-11-9-2)91(135)108(69)6)38-54-44-110(46-77(120)121)68-22-15-13-18-58(54)68/h12-15,17-19,22,24-27,33,41-42,44,49-50,56,60-67,69-72,96,113-114H,8-11,16,20-21,23,28-32,34-40,43,45-48,92H2,1-7H3,(H2,93,115)(H2,94,116)(H,97,124)(H,98,128)(H,99,117)(H,100,127)(H,101,126)(H,102,129)(H,103,130)(H,104,123)(H,105,125)(H,106,122)(H,118,119)(H,120,121)/t49-,50-,56+,60-,61-,62-,63-,64-,65-,66-,67-,69-,70-,71-,72-/m0/s1. The van der Waals surface area contributed by atoms with Gasteiger partial charge in [0.25, 0.3) is 0 Å². The normalized spacial score (nSPS) is 25.1. The molecule has 0 unspecified atom stereocenters. The average molecular weight is 1910 g/mol. The summed E-state index contributed by atoms with van der Waals surface area (Å²) in [5.74, 6) is -20.5. The second-order valence-electron chi connectivity index (χ2n) is 34.4. The number of nitrogens with two attached hydrogens (primary N) is 3. The second kappa shape index (κ2) is 49.9. The Morgan fingerprint density at radius 3 is 1.79 bits per heavy atom. The number of primary amides is 2. The predicted octanol–water partition coefficient (Wildman–Crippen LogP) is -2.66. The third kappa shape index (κ3) is 28.9. The van der Waals surface area contributed by atoms with Crippen LogP contribution in [0.4, 0.5) is 0 Å². The highest BCUT2D eigenvalue weighted by atomic mass is 32.2. The molecule has 0 spiro atoms. The fraction of sp³-hybridized carbons (Fsp3) is 0.516. The van der Waals surface area contributed by atoms with Crippen LogP contribution in [-0.2, 0) is 117 Å². The molecule has 3 aromatic carbocycles. The summed E-state index contributed by atoms with van der Waals surface area (Å²) in [4.78, 5) is 287. The van der Waals surface area contributed by atoms with Crippen LogP contribution in [-0.4, -0.2) is 323 Å². The molecule has 9 rings (SSSR count). The van der Waals surface area contributed by atoms with Crippen LogP contribution in [0.15, 0.2) is 102 Å². The summed E-state index contributed by atoms with van der Waals surface area (Å²) in [5.41, 5.74) is 20.0. The lowest BCUT2D eigenvalue weighted by Gasteiger charge is -2.36. The molecule has 17 amide bonds. The first kappa shape index (κ1) is 106. The van der Waals surface area contributed by atoms with Crippen molar-refractivity contribution < 1.29 is 112 Å². The first-order valence-electron chi connectivity index (χ1n) is 45.2. The second-order valence-corrected chi connectivity index (χ2v) is 35.5. The largest absolute Gasteiger partial charge is 0.508 e. The molecule has 4 aliphatic rings. The minimum atomic E-state index is -1.84. The zero-order valence-electron chi connectivity index (χ0n) is 76.9. The summed E-state index contributed by atoms with van der Waals surface area (Å²) in [5, 5.41) is 69.0. The van der Waals surface area contributed by atoms with E-state index in [-0.39, 0.29) is 76.6 Å². The van der Waals surface area contributed by atoms with Gasteiger partial charge in [0.15, 0.2) is 0 Å². The first-order valence-corrected chi connectivity index (χ1v) is 46.3. The third-order valence-corrected chi connectivity index (χ3v) is 25.4. The van der Waals surface area contributed by atoms with Gasteiger partial charge in [0, 0.05) is 125 Å². The number of aromatic amines is 1. The molecule has 3 fully saturated rings. The van der Waals surface area contributed by atoms with E-state index < -0.39 is 266 Å². The van der Waals surface area contributed by atoms with Crippen molar-refractivity contribution in [3.05, 3.63) is 114 Å². The van der Waals surface area contributed by atoms with E-state index in [1.54, 1.807) is 54.7 Å². The number of carbonyl (C=O) groups is 19. The van der Waals surface area contributed by atoms with Crippen LogP contribution in [0, 0.1) is 0 Å². The Balaban J connectivity index is 1.11. The van der Waals surface area contributed by atoms with E-state index >= 15 is 33.6 Å². The van der Waals surface area contributed by atoms with Crippen LogP contribution >= 0.6 is 11.8 Å². The number of carbonyl (C=O) groups excluding carboxylic acids is 17. The molecule has 6 heterocycles. The number of amides is 17. The van der Waals surface area contributed by atoms with E-state index in [2.05, 4.69) is 63.1 Å². The van der Waals surface area contributed by atoms with Crippen LogP contribution in [0.25, 0.3) is 21.8 Å². The Labute approximate surface area is 788 Å². The molecule has 45 heteroatoms. The molecule has 136 heavy (non-hydrogen) atoms. The Morgan fingerprint density at radius 2 is 1.15 bits per heavy atom. The van der Waals surface area contributed by atoms with Crippen LogP contribution < -0.4 is 70.4 Å². The van der Waals surface area contributed by atoms with Gasteiger partial charge in [0.1, 0.15) is 96.9 Å². The van der Waals surface area contributed by atoms with Gasteiger partial charge in [-0.3, -0.25) is 96.1 Å². The zero-order valence-corrected chi connectivity index (χ0v) is 77.7. The minimum absolute atomic E-state index is 0.0150. The molecule has 21 N–H and O–H groups in total. The highest BCUT2D eigenvalue weighted by Gasteiger charge is 2.47. The number of aromatic nitrogens is 2. The number of fused-ring (bicyclic) bond motifs is 4. The SMILES string of the molecule is CCCC[C@H]1C(=O)N(C)[C@@H](CCCC)C(=O)N[C@@H](C)C(=O)N[C@H](C(=O)NCC(N)=O)CSCC(=O)N[C@@H](Cc2ccc(O)cc2)C(=O)N(C)[C@@H](C)C(=O)N[C@@H](CC(N)=O)C(=O)N2CCC[C@H]2C(=O)N[C@@H](CC2=CN=CC2)C(=O)N[C@@H](CCC(=O)O)C(=O)N2C[C@H](O)C[C@H]2C(=O)N[C@@H](Cc2c[nH]c3ccccc23)C(=O)N[C@@H](CCN)C(=O)N[C@@H](Cc2cn(CC(=O)O)c3ccccc23)C(=O)N1C. The summed E-state index contributed by atoms with van der Waals surface area (Å²) in [6, 6.07) is -3.33. The van der Waals surface area contributed by atoms with Crippen molar-refractivity contribution >= 4 is 152 Å². The Morgan fingerprint density at radius 1 is 0.559 bits per heavy atom. The van der Waals surface area contributed by atoms with Crippen LogP contribution in [0.1, 0.15) is 141 Å². The number of aliphatic carboxylic acids is 2. The number of hydrogen-bond donors (Lipinski definition) is 18. The molecular formula is C91H123N21O23S. The number of thioether (sulfide) groups is 1. The highest BCUT2D eigenvalue weighted by molar-refractivity contribution is 8.00. The van der Waals surface area contributed by atoms with Crippen molar-refractivity contribution in [2.45, 2.75) is 241 Å². The van der Waals surface area contributed by atoms with Crippen molar-refractivity contribution in [1.82, 2.24) is 87.2 Å². The van der Waals surface area contributed by atoms with Gasteiger partial charge in [0.05, 0.1) is 24.8 Å². The van der Waals surface area contributed by atoms with Crippen molar-refractivity contribution in [3.63, 3.8) is 0 Å². The van der Waals surface area contributed by atoms with Crippen molar-refractivity contribution in [1.29, 1.82) is 0 Å². The predicted molar refractivity (Wildman–Crippen MR) is 495 cm³/mol. The molecule has 736 valence electrons. The summed E-state index contributed by atoms with van der Waals surface area (Å²) in [6.45, 7) is 3.85. The molecule has 0 aliphatic carbocycles. The van der Waals surface area contributed by atoms with E-state index in [1.807, 2.05) is 13.8 Å². The molecular weight excluding hydrogens is 1790 g/mol. The number of rotatable bonds is 26. The van der Waals surface area contributed by atoms with Gasteiger partial charge >= 0.3 is 11.9 Å². The average Bonchev–Trinajstić information content (AvgIpc) is 1.60. The number of aliphatic hydroxyl groups is 1. The Kier molecular flexibility index (Phi) is 38.9. The number of aliphatic imine (C=N–C) groups is 1. The fourth-order valence-electron chi connectivity index (χ4n) is 16.8.